The van der Waals surface area contributed by atoms with Crippen LogP contribution >= 0.6 is 11.8 Å². The predicted octanol–water partition coefficient (Wildman–Crippen LogP) is 1.70. The zero-order valence-electron chi connectivity index (χ0n) is 25.5. The first kappa shape index (κ1) is 31.4. The SMILES string of the molecule is CCn1nc(C)cc1C(=O)Nc1nc2cc(C(N)=O)cc(OC)c2n1CCCNC(O)[C@H]1CSC2(N1)C(=O)c1ccccc1C2=O. The molecule has 1 aliphatic heterocycles. The van der Waals surface area contributed by atoms with Crippen molar-refractivity contribution in [2.24, 2.45) is 5.73 Å². The fraction of sp³-hybridized carbons (Fsp3) is 0.355. The number of benzene rings is 2. The van der Waals surface area contributed by atoms with Crippen molar-refractivity contribution < 1.29 is 29.0 Å². The number of Topliss-reactive ketones (excluding diaryl/α,β-unsaturated/α-hetero) is 2. The van der Waals surface area contributed by atoms with E-state index in [0.29, 0.717) is 71.1 Å². The lowest BCUT2D eigenvalue weighted by atomic mass is 10.1. The minimum absolute atomic E-state index is 0.207. The number of hydrogen-bond donors (Lipinski definition) is 5. The Labute approximate surface area is 268 Å². The van der Waals surface area contributed by atoms with Crippen molar-refractivity contribution in [1.29, 1.82) is 0 Å². The van der Waals surface area contributed by atoms with Gasteiger partial charge in [-0.3, -0.25) is 39.8 Å². The lowest BCUT2D eigenvalue weighted by Gasteiger charge is -2.24. The minimum atomic E-state index is -1.42. The van der Waals surface area contributed by atoms with Crippen LogP contribution in [0.4, 0.5) is 5.95 Å². The molecule has 2 aromatic carbocycles. The number of ketones is 2. The van der Waals surface area contributed by atoms with Crippen LogP contribution in [0.2, 0.25) is 0 Å². The highest BCUT2D eigenvalue weighted by molar-refractivity contribution is 8.02. The molecule has 1 saturated heterocycles. The van der Waals surface area contributed by atoms with Crippen molar-refractivity contribution in [3.05, 3.63) is 70.5 Å². The largest absolute Gasteiger partial charge is 0.494 e. The molecule has 0 bridgehead atoms. The number of primary amides is 1. The van der Waals surface area contributed by atoms with E-state index in [4.69, 9.17) is 10.5 Å². The summed E-state index contributed by atoms with van der Waals surface area (Å²) in [4.78, 5) is 54.8. The number of fused-ring (bicyclic) bond motifs is 2. The number of carbonyl (C=O) groups excluding carboxylic acids is 4. The number of rotatable bonds is 11. The highest BCUT2D eigenvalue weighted by atomic mass is 32.2. The molecular formula is C31H34N8O6S. The molecular weight excluding hydrogens is 612 g/mol. The molecule has 240 valence electrons. The minimum Gasteiger partial charge on any atom is -0.494 e. The first-order valence-corrected chi connectivity index (χ1v) is 15.8. The summed E-state index contributed by atoms with van der Waals surface area (Å²) in [6.45, 7) is 4.88. The van der Waals surface area contributed by atoms with Crippen molar-refractivity contribution in [3.63, 3.8) is 0 Å². The summed E-state index contributed by atoms with van der Waals surface area (Å²) in [5.41, 5.74) is 8.54. The van der Waals surface area contributed by atoms with Crippen LogP contribution in [-0.2, 0) is 13.1 Å². The molecule has 4 aromatic rings. The number of aromatic nitrogens is 4. The van der Waals surface area contributed by atoms with Crippen LogP contribution < -0.4 is 26.4 Å². The molecule has 1 spiro atoms. The highest BCUT2D eigenvalue weighted by Crippen LogP contribution is 2.42. The number of ether oxygens (including phenoxy) is 1. The Morgan fingerprint density at radius 3 is 2.59 bits per heavy atom. The van der Waals surface area contributed by atoms with Crippen molar-refractivity contribution in [2.75, 3.05) is 24.7 Å². The molecule has 15 heteroatoms. The molecule has 0 radical (unpaired) electrons. The quantitative estimate of drug-likeness (QED) is 0.0904. The Bertz CT molecular complexity index is 1850. The van der Waals surface area contributed by atoms with Crippen LogP contribution in [0.5, 0.6) is 5.75 Å². The van der Waals surface area contributed by atoms with Gasteiger partial charge in [-0.15, -0.1) is 11.8 Å². The lowest BCUT2D eigenvalue weighted by molar-refractivity contribution is 0.0760. The number of thioether (sulfide) groups is 1. The van der Waals surface area contributed by atoms with Gasteiger partial charge in [0, 0.05) is 35.5 Å². The van der Waals surface area contributed by atoms with Gasteiger partial charge < -0.3 is 20.1 Å². The molecule has 1 fully saturated rings. The summed E-state index contributed by atoms with van der Waals surface area (Å²) < 4.78 is 8.95. The van der Waals surface area contributed by atoms with E-state index in [1.165, 1.54) is 31.0 Å². The smallest absolute Gasteiger partial charge is 0.276 e. The summed E-state index contributed by atoms with van der Waals surface area (Å²) in [5.74, 6) is -0.693. The molecule has 2 atom stereocenters. The molecule has 46 heavy (non-hydrogen) atoms. The zero-order valence-corrected chi connectivity index (χ0v) is 26.3. The second-order valence-electron chi connectivity index (χ2n) is 11.1. The summed E-state index contributed by atoms with van der Waals surface area (Å²) in [6, 6.07) is 11.0. The average molecular weight is 647 g/mol. The number of imidazole rings is 1. The van der Waals surface area contributed by atoms with Gasteiger partial charge >= 0.3 is 0 Å². The summed E-state index contributed by atoms with van der Waals surface area (Å²) in [6.07, 6.45) is -0.563. The van der Waals surface area contributed by atoms with Crippen LogP contribution in [0, 0.1) is 6.92 Å². The number of amides is 2. The van der Waals surface area contributed by atoms with E-state index in [2.05, 4.69) is 26.0 Å². The fourth-order valence-corrected chi connectivity index (χ4v) is 7.37. The third-order valence-electron chi connectivity index (χ3n) is 8.19. The van der Waals surface area contributed by atoms with Crippen molar-refractivity contribution in [1.82, 2.24) is 30.0 Å². The first-order valence-electron chi connectivity index (χ1n) is 14.8. The molecule has 2 aliphatic rings. The maximum absolute atomic E-state index is 13.3. The van der Waals surface area contributed by atoms with E-state index in [1.807, 2.05) is 6.92 Å². The van der Waals surface area contributed by atoms with E-state index >= 15 is 0 Å². The number of methoxy groups -OCH3 is 1. The molecule has 2 aromatic heterocycles. The van der Waals surface area contributed by atoms with Gasteiger partial charge in [-0.05, 0) is 45.0 Å². The molecule has 1 aliphatic carbocycles. The molecule has 3 heterocycles. The topological polar surface area (TPSA) is 195 Å². The second-order valence-corrected chi connectivity index (χ2v) is 12.4. The third kappa shape index (κ3) is 5.34. The van der Waals surface area contributed by atoms with E-state index in [0.717, 1.165) is 0 Å². The Kier molecular flexibility index (Phi) is 8.41. The Hall–Kier alpha value is -4.57. The number of aliphatic hydroxyl groups excluding tert-OH is 1. The maximum Gasteiger partial charge on any atom is 0.276 e. The van der Waals surface area contributed by atoms with Crippen molar-refractivity contribution in [2.45, 2.75) is 50.5 Å². The van der Waals surface area contributed by atoms with E-state index < -0.39 is 29.0 Å². The van der Waals surface area contributed by atoms with E-state index in [1.54, 1.807) is 46.5 Å². The molecule has 0 saturated carbocycles. The molecule has 6 rings (SSSR count). The van der Waals surface area contributed by atoms with Gasteiger partial charge in [0.25, 0.3) is 5.91 Å². The standard InChI is InChI=1S/C31H34N8O6S/c1-4-39-22(12-16(2)37-39)29(44)35-30-34-20-13-17(27(32)42)14-23(45-3)24(20)38(30)11-7-10-33-28(43)21-15-46-31(36-21)25(40)18-8-5-6-9-19(18)26(31)41/h5-6,8-9,12-14,21,28,33,36,43H,4,7,10-11,15H2,1-3H3,(H2,32,42)(H,34,35,44)/t21-,28?/m1/s1. The van der Waals surface area contributed by atoms with Gasteiger partial charge in [0.2, 0.25) is 23.4 Å². The lowest BCUT2D eigenvalue weighted by Crippen LogP contribution is -2.56. The number of nitrogens with two attached hydrogens (primary N) is 1. The number of aliphatic hydroxyl groups is 1. The van der Waals surface area contributed by atoms with Crippen LogP contribution in [-0.4, -0.2) is 84.4 Å². The number of aryl methyl sites for hydroxylation is 3. The molecule has 2 amide bonds. The number of nitrogens with one attached hydrogen (secondary N) is 3. The number of nitrogens with zero attached hydrogens (tertiary/aromatic N) is 4. The Morgan fingerprint density at radius 1 is 1.22 bits per heavy atom. The van der Waals surface area contributed by atoms with Crippen LogP contribution in [0.3, 0.4) is 0 Å². The second kappa shape index (κ2) is 12.3. The van der Waals surface area contributed by atoms with Crippen LogP contribution in [0.25, 0.3) is 11.0 Å². The van der Waals surface area contributed by atoms with Crippen molar-refractivity contribution in [3.8, 4) is 5.75 Å². The molecule has 14 nitrogen and oxygen atoms in total. The molecule has 6 N–H and O–H groups in total. The number of carbonyl (C=O) groups is 4. The first-order chi connectivity index (χ1) is 22.1. The van der Waals surface area contributed by atoms with Crippen LogP contribution in [0.15, 0.2) is 42.5 Å². The Balaban J connectivity index is 1.17. The van der Waals surface area contributed by atoms with Gasteiger partial charge in [-0.25, -0.2) is 4.98 Å². The maximum atomic E-state index is 13.3. The summed E-state index contributed by atoms with van der Waals surface area (Å²) in [5, 5.41) is 24.4. The van der Waals surface area contributed by atoms with Gasteiger partial charge in [0.05, 0.1) is 24.4 Å². The highest BCUT2D eigenvalue weighted by Gasteiger charge is 2.58. The van der Waals surface area contributed by atoms with E-state index in [9.17, 15) is 24.3 Å². The normalized spacial score (nSPS) is 17.5. The summed E-state index contributed by atoms with van der Waals surface area (Å²) in [7, 11) is 1.47. The molecule has 1 unspecified atom stereocenters. The van der Waals surface area contributed by atoms with Gasteiger partial charge in [-0.1, -0.05) is 24.3 Å². The average Bonchev–Trinajstić information content (AvgIpc) is 3.80. The Morgan fingerprint density at radius 2 is 1.93 bits per heavy atom. The van der Waals surface area contributed by atoms with Gasteiger partial charge in [-0.2, -0.15) is 5.10 Å². The number of hydrogen-bond acceptors (Lipinski definition) is 11. The zero-order chi connectivity index (χ0) is 32.7. The predicted molar refractivity (Wildman–Crippen MR) is 171 cm³/mol. The fourth-order valence-electron chi connectivity index (χ4n) is 5.96. The van der Waals surface area contributed by atoms with Crippen molar-refractivity contribution >= 4 is 52.1 Å². The monoisotopic (exact) mass is 646 g/mol. The summed E-state index contributed by atoms with van der Waals surface area (Å²) >= 11 is 1.20. The van der Waals surface area contributed by atoms with Crippen LogP contribution in [0.1, 0.15) is 60.6 Å². The van der Waals surface area contributed by atoms with Gasteiger partial charge in [0.15, 0.2) is 4.87 Å². The third-order valence-corrected chi connectivity index (χ3v) is 9.64. The van der Waals surface area contributed by atoms with E-state index in [-0.39, 0.29) is 23.1 Å². The van der Waals surface area contributed by atoms with Gasteiger partial charge in [0.1, 0.15) is 23.2 Å². The number of anilines is 1.